The molecular weight excluding hydrogens is 224 g/mol. The normalized spacial score (nSPS) is 17.7. The van der Waals surface area contributed by atoms with Gasteiger partial charge in [0.1, 0.15) is 0 Å². The molecule has 0 bridgehead atoms. The van der Waals surface area contributed by atoms with Gasteiger partial charge in [-0.15, -0.1) is 11.3 Å². The number of nitrogens with zero attached hydrogens (tertiary/aromatic N) is 2. The summed E-state index contributed by atoms with van der Waals surface area (Å²) in [7, 11) is 0. The number of rotatable bonds is 4. The molecule has 0 unspecified atom stereocenters. The van der Waals surface area contributed by atoms with Crippen LogP contribution in [0.4, 0.5) is 0 Å². The van der Waals surface area contributed by atoms with Crippen molar-refractivity contribution in [2.75, 3.05) is 13.1 Å². The van der Waals surface area contributed by atoms with Crippen LogP contribution in [0.1, 0.15) is 30.5 Å². The van der Waals surface area contributed by atoms with E-state index in [1.807, 2.05) is 0 Å². The van der Waals surface area contributed by atoms with Gasteiger partial charge in [0.2, 0.25) is 0 Å². The van der Waals surface area contributed by atoms with Gasteiger partial charge >= 0.3 is 5.97 Å². The molecular formula is C11H16N2O2S. The van der Waals surface area contributed by atoms with Gasteiger partial charge in [0.15, 0.2) is 0 Å². The first-order valence-electron chi connectivity index (χ1n) is 5.45. The first kappa shape index (κ1) is 11.5. The largest absolute Gasteiger partial charge is 0.481 e. The fourth-order valence-corrected chi connectivity index (χ4v) is 2.57. The van der Waals surface area contributed by atoms with Gasteiger partial charge in [0.05, 0.1) is 16.6 Å². The molecule has 0 aromatic carbocycles. The number of hydrogen-bond donors (Lipinski definition) is 1. The standard InChI is InChI=1S/C11H16N2O2S/c1-7(2)10-12-9(6-16-10)5-13-3-8(4-13)11(14)15/h6-8H,3-5H2,1-2H3,(H,14,15). The fraction of sp³-hybridized carbons (Fsp3) is 0.636. The zero-order valence-electron chi connectivity index (χ0n) is 9.51. The second-order valence-electron chi connectivity index (χ2n) is 4.56. The highest BCUT2D eigenvalue weighted by atomic mass is 32.1. The fourth-order valence-electron chi connectivity index (χ4n) is 1.74. The van der Waals surface area contributed by atoms with Crippen LogP contribution in [0.25, 0.3) is 0 Å². The number of carboxylic acid groups (broad SMARTS) is 1. The van der Waals surface area contributed by atoms with Crippen molar-refractivity contribution in [3.63, 3.8) is 0 Å². The quantitative estimate of drug-likeness (QED) is 0.871. The molecule has 16 heavy (non-hydrogen) atoms. The topological polar surface area (TPSA) is 53.4 Å². The van der Waals surface area contributed by atoms with Gasteiger partial charge in [-0.25, -0.2) is 4.98 Å². The first-order chi connectivity index (χ1) is 7.56. The minimum absolute atomic E-state index is 0.178. The van der Waals surface area contributed by atoms with Crippen molar-refractivity contribution in [1.82, 2.24) is 9.88 Å². The predicted molar refractivity (Wildman–Crippen MR) is 62.6 cm³/mol. The maximum Gasteiger partial charge on any atom is 0.309 e. The molecule has 0 amide bonds. The third-order valence-electron chi connectivity index (χ3n) is 2.76. The molecule has 1 aliphatic heterocycles. The van der Waals surface area contributed by atoms with E-state index in [4.69, 9.17) is 5.11 Å². The summed E-state index contributed by atoms with van der Waals surface area (Å²) in [5, 5.41) is 12.0. The van der Waals surface area contributed by atoms with Crippen molar-refractivity contribution in [2.24, 2.45) is 5.92 Å². The van der Waals surface area contributed by atoms with Crippen LogP contribution in [0.2, 0.25) is 0 Å². The van der Waals surface area contributed by atoms with Gasteiger partial charge in [-0.1, -0.05) is 13.8 Å². The Kier molecular flexibility index (Phi) is 3.25. The van der Waals surface area contributed by atoms with E-state index in [9.17, 15) is 4.79 Å². The molecule has 1 fully saturated rings. The van der Waals surface area contributed by atoms with Gasteiger partial charge in [-0.05, 0) is 0 Å². The Labute approximate surface area is 98.9 Å². The average Bonchev–Trinajstić information content (AvgIpc) is 2.58. The number of carboxylic acids is 1. The van der Waals surface area contributed by atoms with E-state index in [0.29, 0.717) is 19.0 Å². The first-order valence-corrected chi connectivity index (χ1v) is 6.33. The van der Waals surface area contributed by atoms with Crippen LogP contribution < -0.4 is 0 Å². The van der Waals surface area contributed by atoms with Gasteiger partial charge in [-0.3, -0.25) is 9.69 Å². The van der Waals surface area contributed by atoms with Crippen molar-refractivity contribution in [3.8, 4) is 0 Å². The lowest BCUT2D eigenvalue weighted by Crippen LogP contribution is -2.49. The van der Waals surface area contributed by atoms with Crippen LogP contribution in [0.3, 0.4) is 0 Å². The molecule has 0 aliphatic carbocycles. The summed E-state index contributed by atoms with van der Waals surface area (Å²) in [6.07, 6.45) is 0. The lowest BCUT2D eigenvalue weighted by molar-refractivity contribution is -0.147. The number of hydrogen-bond acceptors (Lipinski definition) is 4. The lowest BCUT2D eigenvalue weighted by Gasteiger charge is -2.35. The van der Waals surface area contributed by atoms with E-state index < -0.39 is 5.97 Å². The maximum atomic E-state index is 10.6. The van der Waals surface area contributed by atoms with Crippen molar-refractivity contribution in [3.05, 3.63) is 16.1 Å². The number of aromatic nitrogens is 1. The number of thiazole rings is 1. The second kappa shape index (κ2) is 4.51. The molecule has 2 rings (SSSR count). The Balaban J connectivity index is 1.84. The molecule has 1 aliphatic rings. The summed E-state index contributed by atoms with van der Waals surface area (Å²) in [6, 6.07) is 0. The van der Waals surface area contributed by atoms with Crippen molar-refractivity contribution in [1.29, 1.82) is 0 Å². The number of likely N-dealkylation sites (tertiary alicyclic amines) is 1. The molecule has 0 radical (unpaired) electrons. The summed E-state index contributed by atoms with van der Waals surface area (Å²) in [5.41, 5.74) is 1.07. The molecule has 1 aromatic heterocycles. The van der Waals surface area contributed by atoms with Gasteiger partial charge < -0.3 is 5.11 Å². The molecule has 5 heteroatoms. The maximum absolute atomic E-state index is 10.6. The molecule has 1 aromatic rings. The van der Waals surface area contributed by atoms with E-state index in [-0.39, 0.29) is 5.92 Å². The zero-order chi connectivity index (χ0) is 11.7. The number of aliphatic carboxylic acids is 1. The summed E-state index contributed by atoms with van der Waals surface area (Å²) >= 11 is 1.69. The SMILES string of the molecule is CC(C)c1nc(CN2CC(C(=O)O)C2)cs1. The molecule has 0 spiro atoms. The lowest BCUT2D eigenvalue weighted by atomic mass is 10.0. The highest BCUT2D eigenvalue weighted by Crippen LogP contribution is 2.23. The van der Waals surface area contributed by atoms with Crippen LogP contribution in [0, 0.1) is 5.92 Å². The van der Waals surface area contributed by atoms with E-state index >= 15 is 0 Å². The van der Waals surface area contributed by atoms with Crippen molar-refractivity contribution < 1.29 is 9.90 Å². The highest BCUT2D eigenvalue weighted by molar-refractivity contribution is 7.09. The molecule has 88 valence electrons. The third-order valence-corrected chi connectivity index (χ3v) is 3.95. The van der Waals surface area contributed by atoms with Gasteiger partial charge in [0, 0.05) is 30.9 Å². The predicted octanol–water partition coefficient (Wildman–Crippen LogP) is 1.78. The van der Waals surface area contributed by atoms with E-state index in [1.165, 1.54) is 0 Å². The van der Waals surface area contributed by atoms with Crippen LogP contribution in [0.5, 0.6) is 0 Å². The molecule has 1 N–H and O–H groups in total. The highest BCUT2D eigenvalue weighted by Gasteiger charge is 2.32. The molecule has 0 saturated carbocycles. The summed E-state index contributed by atoms with van der Waals surface area (Å²) in [4.78, 5) is 17.3. The van der Waals surface area contributed by atoms with E-state index in [1.54, 1.807) is 11.3 Å². The van der Waals surface area contributed by atoms with Crippen molar-refractivity contribution in [2.45, 2.75) is 26.3 Å². The van der Waals surface area contributed by atoms with Crippen LogP contribution in [-0.4, -0.2) is 34.0 Å². The van der Waals surface area contributed by atoms with Crippen LogP contribution >= 0.6 is 11.3 Å². The second-order valence-corrected chi connectivity index (χ2v) is 5.45. The minimum Gasteiger partial charge on any atom is -0.481 e. The van der Waals surface area contributed by atoms with Crippen molar-refractivity contribution >= 4 is 17.3 Å². The van der Waals surface area contributed by atoms with Gasteiger partial charge in [-0.2, -0.15) is 0 Å². The zero-order valence-corrected chi connectivity index (χ0v) is 10.3. The van der Waals surface area contributed by atoms with E-state index in [0.717, 1.165) is 17.2 Å². The molecule has 1 saturated heterocycles. The number of carbonyl (C=O) groups is 1. The monoisotopic (exact) mass is 240 g/mol. The van der Waals surface area contributed by atoms with Crippen LogP contribution in [0.15, 0.2) is 5.38 Å². The van der Waals surface area contributed by atoms with Crippen LogP contribution in [-0.2, 0) is 11.3 Å². The Morgan fingerprint density at radius 1 is 1.69 bits per heavy atom. The third kappa shape index (κ3) is 2.41. The van der Waals surface area contributed by atoms with Gasteiger partial charge in [0.25, 0.3) is 0 Å². The molecule has 0 atom stereocenters. The minimum atomic E-state index is -0.683. The summed E-state index contributed by atoms with van der Waals surface area (Å²) in [6.45, 7) is 6.36. The smallest absolute Gasteiger partial charge is 0.309 e. The molecule has 2 heterocycles. The molecule has 4 nitrogen and oxygen atoms in total. The van der Waals surface area contributed by atoms with E-state index in [2.05, 4.69) is 29.1 Å². The summed E-state index contributed by atoms with van der Waals surface area (Å²) < 4.78 is 0. The Bertz CT molecular complexity index is 383. The average molecular weight is 240 g/mol. The summed E-state index contributed by atoms with van der Waals surface area (Å²) in [5.74, 6) is -0.387. The Morgan fingerprint density at radius 3 is 2.88 bits per heavy atom. The Hall–Kier alpha value is -0.940. The Morgan fingerprint density at radius 2 is 2.38 bits per heavy atom.